The van der Waals surface area contributed by atoms with Crippen LogP contribution in [0.1, 0.15) is 0 Å². The Labute approximate surface area is 109 Å². The van der Waals surface area contributed by atoms with Gasteiger partial charge in [-0.25, -0.2) is 9.67 Å². The van der Waals surface area contributed by atoms with Crippen LogP contribution in [0.5, 0.6) is 0 Å². The van der Waals surface area contributed by atoms with Crippen molar-refractivity contribution in [2.75, 3.05) is 0 Å². The zero-order valence-electron chi connectivity index (χ0n) is 10.1. The molecule has 3 aromatic heterocycles. The lowest BCUT2D eigenvalue weighted by Gasteiger charge is -2.03. The summed E-state index contributed by atoms with van der Waals surface area (Å²) in [6.45, 7) is 0. The van der Waals surface area contributed by atoms with Crippen LogP contribution >= 0.6 is 0 Å². The van der Waals surface area contributed by atoms with E-state index in [1.165, 1.54) is 0 Å². The van der Waals surface area contributed by atoms with E-state index in [1.807, 2.05) is 41.2 Å². The second-order valence-corrected chi connectivity index (χ2v) is 4.36. The van der Waals surface area contributed by atoms with Crippen LogP contribution in [0.2, 0.25) is 0 Å². The summed E-state index contributed by atoms with van der Waals surface area (Å²) in [6.07, 6.45) is 5.35. The third-order valence-electron chi connectivity index (χ3n) is 3.15. The van der Waals surface area contributed by atoms with Crippen LogP contribution in [-0.2, 0) is 0 Å². The standard InChI is InChI=1S/C15H10N4/c1-2-4-14-11(3-1)9-12-10-17-19(15(12)18-14)13-5-7-16-8-6-13/h1-10H. The number of pyridine rings is 2. The summed E-state index contributed by atoms with van der Waals surface area (Å²) in [6, 6.07) is 14.0. The maximum absolute atomic E-state index is 4.69. The molecule has 4 rings (SSSR count). The van der Waals surface area contributed by atoms with Crippen LogP contribution in [0.4, 0.5) is 0 Å². The Kier molecular flexibility index (Phi) is 2.08. The van der Waals surface area contributed by atoms with Gasteiger partial charge in [-0.15, -0.1) is 0 Å². The molecule has 0 radical (unpaired) electrons. The predicted molar refractivity (Wildman–Crippen MR) is 74.2 cm³/mol. The van der Waals surface area contributed by atoms with Gasteiger partial charge in [0.1, 0.15) is 0 Å². The highest BCUT2D eigenvalue weighted by molar-refractivity contribution is 5.91. The minimum atomic E-state index is 0.866. The van der Waals surface area contributed by atoms with Crippen molar-refractivity contribution in [2.24, 2.45) is 0 Å². The lowest BCUT2D eigenvalue weighted by Crippen LogP contribution is -1.97. The molecule has 0 amide bonds. The quantitative estimate of drug-likeness (QED) is 0.518. The van der Waals surface area contributed by atoms with E-state index < -0.39 is 0 Å². The SMILES string of the molecule is c1ccc2nc3c(cnn3-c3ccncc3)cc2c1. The highest BCUT2D eigenvalue weighted by Crippen LogP contribution is 2.21. The Morgan fingerprint density at radius 1 is 0.895 bits per heavy atom. The van der Waals surface area contributed by atoms with E-state index >= 15 is 0 Å². The van der Waals surface area contributed by atoms with E-state index in [-0.39, 0.29) is 0 Å². The molecule has 0 aliphatic rings. The van der Waals surface area contributed by atoms with Crippen LogP contribution in [-0.4, -0.2) is 19.7 Å². The number of hydrogen-bond acceptors (Lipinski definition) is 3. The Morgan fingerprint density at radius 2 is 1.74 bits per heavy atom. The van der Waals surface area contributed by atoms with Gasteiger partial charge in [0.05, 0.1) is 17.4 Å². The number of rotatable bonds is 1. The summed E-state index contributed by atoms with van der Waals surface area (Å²) in [5.74, 6) is 0. The molecule has 0 atom stereocenters. The van der Waals surface area contributed by atoms with Gasteiger partial charge in [0.25, 0.3) is 0 Å². The predicted octanol–water partition coefficient (Wildman–Crippen LogP) is 2.97. The van der Waals surface area contributed by atoms with Crippen LogP contribution in [0.3, 0.4) is 0 Å². The van der Waals surface area contributed by atoms with Crippen molar-refractivity contribution < 1.29 is 0 Å². The third-order valence-corrected chi connectivity index (χ3v) is 3.15. The summed E-state index contributed by atoms with van der Waals surface area (Å²) >= 11 is 0. The normalized spacial score (nSPS) is 11.2. The summed E-state index contributed by atoms with van der Waals surface area (Å²) in [5, 5.41) is 6.58. The molecule has 0 saturated carbocycles. The molecule has 0 fully saturated rings. The topological polar surface area (TPSA) is 43.6 Å². The molecule has 3 heterocycles. The lowest BCUT2D eigenvalue weighted by molar-refractivity contribution is 0.896. The first kappa shape index (κ1) is 10.2. The van der Waals surface area contributed by atoms with E-state index in [0.717, 1.165) is 27.6 Å². The minimum Gasteiger partial charge on any atom is -0.265 e. The van der Waals surface area contributed by atoms with Gasteiger partial charge < -0.3 is 0 Å². The smallest absolute Gasteiger partial charge is 0.163 e. The highest BCUT2D eigenvalue weighted by atomic mass is 15.3. The minimum absolute atomic E-state index is 0.866. The van der Waals surface area contributed by atoms with Crippen molar-refractivity contribution in [3.8, 4) is 5.69 Å². The van der Waals surface area contributed by atoms with Gasteiger partial charge in [0.15, 0.2) is 5.65 Å². The lowest BCUT2D eigenvalue weighted by atomic mass is 10.2. The maximum Gasteiger partial charge on any atom is 0.163 e. The molecule has 4 heteroatoms. The number of aromatic nitrogens is 4. The Hall–Kier alpha value is -2.75. The second kappa shape index (κ2) is 3.88. The zero-order valence-corrected chi connectivity index (χ0v) is 10.1. The summed E-state index contributed by atoms with van der Waals surface area (Å²) in [5.41, 5.74) is 2.81. The fourth-order valence-electron chi connectivity index (χ4n) is 2.24. The van der Waals surface area contributed by atoms with E-state index in [4.69, 9.17) is 4.98 Å². The molecule has 0 aliphatic carbocycles. The van der Waals surface area contributed by atoms with Gasteiger partial charge in [-0.05, 0) is 24.3 Å². The average molecular weight is 246 g/mol. The number of benzene rings is 1. The van der Waals surface area contributed by atoms with Gasteiger partial charge in [-0.3, -0.25) is 4.98 Å². The molecule has 0 aliphatic heterocycles. The molecular weight excluding hydrogens is 236 g/mol. The van der Waals surface area contributed by atoms with E-state index in [2.05, 4.69) is 22.2 Å². The van der Waals surface area contributed by atoms with Crippen molar-refractivity contribution in [1.82, 2.24) is 19.7 Å². The molecule has 0 saturated heterocycles. The molecule has 4 aromatic rings. The van der Waals surface area contributed by atoms with Gasteiger partial charge in [-0.1, -0.05) is 18.2 Å². The number of fused-ring (bicyclic) bond motifs is 2. The Balaban J connectivity index is 2.05. The molecule has 1 aromatic carbocycles. The number of nitrogens with zero attached hydrogens (tertiary/aromatic N) is 4. The number of para-hydroxylation sites is 1. The third kappa shape index (κ3) is 1.57. The largest absolute Gasteiger partial charge is 0.265 e. The van der Waals surface area contributed by atoms with Crippen molar-refractivity contribution in [2.45, 2.75) is 0 Å². The van der Waals surface area contributed by atoms with Crippen LogP contribution in [0, 0.1) is 0 Å². The summed E-state index contributed by atoms with van der Waals surface area (Å²) in [4.78, 5) is 8.72. The maximum atomic E-state index is 4.69. The molecule has 0 unspecified atom stereocenters. The molecular formula is C15H10N4. The summed E-state index contributed by atoms with van der Waals surface area (Å²) < 4.78 is 1.84. The Bertz CT molecular complexity index is 865. The van der Waals surface area contributed by atoms with Gasteiger partial charge in [0, 0.05) is 23.2 Å². The number of hydrogen-bond donors (Lipinski definition) is 0. The second-order valence-electron chi connectivity index (χ2n) is 4.36. The van der Waals surface area contributed by atoms with E-state index in [1.54, 1.807) is 12.4 Å². The molecule has 19 heavy (non-hydrogen) atoms. The van der Waals surface area contributed by atoms with Gasteiger partial charge in [-0.2, -0.15) is 5.10 Å². The van der Waals surface area contributed by atoms with Crippen molar-refractivity contribution in [1.29, 1.82) is 0 Å². The fourth-order valence-corrected chi connectivity index (χ4v) is 2.24. The van der Waals surface area contributed by atoms with Crippen molar-refractivity contribution >= 4 is 21.9 Å². The Morgan fingerprint density at radius 3 is 2.63 bits per heavy atom. The average Bonchev–Trinajstić information content (AvgIpc) is 2.88. The first-order valence-corrected chi connectivity index (χ1v) is 6.06. The van der Waals surface area contributed by atoms with Crippen molar-refractivity contribution in [3.63, 3.8) is 0 Å². The van der Waals surface area contributed by atoms with Crippen LogP contribution in [0.25, 0.3) is 27.6 Å². The van der Waals surface area contributed by atoms with Crippen LogP contribution in [0.15, 0.2) is 61.1 Å². The molecule has 0 N–H and O–H groups in total. The molecule has 0 bridgehead atoms. The first-order chi connectivity index (χ1) is 9.42. The monoisotopic (exact) mass is 246 g/mol. The van der Waals surface area contributed by atoms with Crippen LogP contribution < -0.4 is 0 Å². The highest BCUT2D eigenvalue weighted by Gasteiger charge is 2.07. The van der Waals surface area contributed by atoms with Crippen molar-refractivity contribution in [3.05, 3.63) is 61.1 Å². The van der Waals surface area contributed by atoms with Gasteiger partial charge >= 0.3 is 0 Å². The molecule has 90 valence electrons. The van der Waals surface area contributed by atoms with Gasteiger partial charge in [0.2, 0.25) is 0 Å². The molecule has 4 nitrogen and oxygen atoms in total. The van der Waals surface area contributed by atoms with E-state index in [0.29, 0.717) is 0 Å². The zero-order chi connectivity index (χ0) is 12.7. The summed E-state index contributed by atoms with van der Waals surface area (Å²) in [7, 11) is 0. The first-order valence-electron chi connectivity index (χ1n) is 6.06. The molecule has 0 spiro atoms. The van der Waals surface area contributed by atoms with E-state index in [9.17, 15) is 0 Å². The fraction of sp³-hybridized carbons (Fsp3) is 0.